The second-order valence-electron chi connectivity index (χ2n) is 7.16. The van der Waals surface area contributed by atoms with Gasteiger partial charge in [0.25, 0.3) is 11.7 Å². The van der Waals surface area contributed by atoms with Gasteiger partial charge in [0.15, 0.2) is 0 Å². The molecule has 1 aliphatic rings. The molecule has 7 heteroatoms. The lowest BCUT2D eigenvalue weighted by molar-refractivity contribution is -0.140. The fourth-order valence-electron chi connectivity index (χ4n) is 3.66. The van der Waals surface area contributed by atoms with Gasteiger partial charge in [-0.15, -0.1) is 11.3 Å². The molecular formula is C24H28N2O4S. The zero-order chi connectivity index (χ0) is 22.4. The number of hydrogen-bond acceptors (Lipinski definition) is 6. The van der Waals surface area contributed by atoms with Crippen LogP contribution in [-0.2, 0) is 9.59 Å². The zero-order valence-corrected chi connectivity index (χ0v) is 18.7. The summed E-state index contributed by atoms with van der Waals surface area (Å²) in [5.41, 5.74) is 0.598. The third-order valence-electron chi connectivity index (χ3n) is 5.40. The van der Waals surface area contributed by atoms with Gasteiger partial charge in [0.2, 0.25) is 0 Å². The Kier molecular flexibility index (Phi) is 7.65. The predicted octanol–water partition coefficient (Wildman–Crippen LogP) is 4.08. The Hall–Kier alpha value is -2.90. The first-order valence-corrected chi connectivity index (χ1v) is 11.3. The lowest BCUT2D eigenvalue weighted by Gasteiger charge is -2.27. The summed E-state index contributed by atoms with van der Waals surface area (Å²) in [6.07, 6.45) is 1.65. The van der Waals surface area contributed by atoms with E-state index in [-0.39, 0.29) is 11.3 Å². The molecule has 0 aliphatic carbocycles. The molecule has 0 spiro atoms. The number of ketones is 1. The maximum Gasteiger partial charge on any atom is 0.295 e. The number of aliphatic hydroxyl groups is 1. The molecule has 1 aliphatic heterocycles. The lowest BCUT2D eigenvalue weighted by Crippen LogP contribution is -2.37. The SMILES string of the molecule is C=CCOc1ccc(/C(O)=C2/C(=O)C(=O)N(CCN(CC)CC)C2c2cccs2)cc1. The van der Waals surface area contributed by atoms with Crippen LogP contribution in [0.3, 0.4) is 0 Å². The number of carbonyl (C=O) groups is 2. The van der Waals surface area contributed by atoms with Gasteiger partial charge in [-0.3, -0.25) is 9.59 Å². The van der Waals surface area contributed by atoms with E-state index in [4.69, 9.17) is 4.74 Å². The smallest absolute Gasteiger partial charge is 0.295 e. The van der Waals surface area contributed by atoms with Crippen molar-refractivity contribution in [3.63, 3.8) is 0 Å². The van der Waals surface area contributed by atoms with Crippen molar-refractivity contribution < 1.29 is 19.4 Å². The molecule has 3 rings (SSSR count). The monoisotopic (exact) mass is 440 g/mol. The number of rotatable bonds is 10. The summed E-state index contributed by atoms with van der Waals surface area (Å²) in [5, 5.41) is 13.0. The number of hydrogen-bond donors (Lipinski definition) is 1. The minimum Gasteiger partial charge on any atom is -0.507 e. The Morgan fingerprint density at radius 3 is 2.52 bits per heavy atom. The largest absolute Gasteiger partial charge is 0.507 e. The van der Waals surface area contributed by atoms with Crippen LogP contribution in [0.2, 0.25) is 0 Å². The minimum absolute atomic E-state index is 0.131. The van der Waals surface area contributed by atoms with Crippen molar-refractivity contribution in [2.24, 2.45) is 0 Å². The highest BCUT2D eigenvalue weighted by molar-refractivity contribution is 7.10. The van der Waals surface area contributed by atoms with Crippen LogP contribution in [0.1, 0.15) is 30.3 Å². The van der Waals surface area contributed by atoms with Crippen molar-refractivity contribution in [2.75, 3.05) is 32.8 Å². The molecule has 1 aromatic carbocycles. The van der Waals surface area contributed by atoms with Crippen LogP contribution in [0.4, 0.5) is 0 Å². The van der Waals surface area contributed by atoms with Gasteiger partial charge in [-0.1, -0.05) is 32.6 Å². The van der Waals surface area contributed by atoms with Crippen molar-refractivity contribution >= 4 is 28.8 Å². The number of carbonyl (C=O) groups excluding carboxylic acids is 2. The molecule has 6 nitrogen and oxygen atoms in total. The highest BCUT2D eigenvalue weighted by atomic mass is 32.1. The number of aliphatic hydroxyl groups excluding tert-OH is 1. The fraction of sp³-hybridized carbons (Fsp3) is 0.333. The normalized spacial score (nSPS) is 18.0. The molecule has 1 atom stereocenters. The van der Waals surface area contributed by atoms with Crippen LogP contribution in [0, 0.1) is 0 Å². The quantitative estimate of drug-likeness (QED) is 0.261. The van der Waals surface area contributed by atoms with E-state index >= 15 is 0 Å². The van der Waals surface area contributed by atoms with Crippen molar-refractivity contribution in [2.45, 2.75) is 19.9 Å². The Labute approximate surface area is 187 Å². The van der Waals surface area contributed by atoms with Gasteiger partial charge in [-0.2, -0.15) is 0 Å². The van der Waals surface area contributed by atoms with Crippen LogP contribution in [0.25, 0.3) is 5.76 Å². The van der Waals surface area contributed by atoms with Crippen LogP contribution in [0.5, 0.6) is 5.75 Å². The Morgan fingerprint density at radius 1 is 1.23 bits per heavy atom. The van der Waals surface area contributed by atoms with E-state index in [1.54, 1.807) is 35.2 Å². The minimum atomic E-state index is -0.651. The van der Waals surface area contributed by atoms with Gasteiger partial charge in [0, 0.05) is 23.5 Å². The van der Waals surface area contributed by atoms with E-state index in [0.29, 0.717) is 31.0 Å². The topological polar surface area (TPSA) is 70.1 Å². The van der Waals surface area contributed by atoms with Gasteiger partial charge in [-0.25, -0.2) is 0 Å². The number of Topliss-reactive ketones (excluding diaryl/α,β-unsaturated/α-hetero) is 1. The maximum absolute atomic E-state index is 13.0. The number of ether oxygens (including phenoxy) is 1. The van der Waals surface area contributed by atoms with Gasteiger partial charge in [0.05, 0.1) is 11.6 Å². The third-order valence-corrected chi connectivity index (χ3v) is 6.32. The number of amides is 1. The molecule has 1 aromatic heterocycles. The predicted molar refractivity (Wildman–Crippen MR) is 123 cm³/mol. The third kappa shape index (κ3) is 4.89. The van der Waals surface area contributed by atoms with E-state index in [1.165, 1.54) is 11.3 Å². The van der Waals surface area contributed by atoms with E-state index in [1.807, 2.05) is 17.5 Å². The van der Waals surface area contributed by atoms with Crippen LogP contribution >= 0.6 is 11.3 Å². The summed E-state index contributed by atoms with van der Waals surface area (Å²) in [6, 6.07) is 9.99. The van der Waals surface area contributed by atoms with Crippen LogP contribution in [0.15, 0.2) is 60.0 Å². The molecule has 0 saturated carbocycles. The van der Waals surface area contributed by atoms with E-state index < -0.39 is 17.7 Å². The molecule has 2 aromatic rings. The lowest BCUT2D eigenvalue weighted by atomic mass is 10.00. The number of benzene rings is 1. The van der Waals surface area contributed by atoms with Gasteiger partial charge < -0.3 is 19.6 Å². The second-order valence-corrected chi connectivity index (χ2v) is 8.14. The maximum atomic E-state index is 13.0. The standard InChI is InChI=1S/C24H28N2O4S/c1-4-15-30-18-11-9-17(10-12-18)22(27)20-21(19-8-7-16-31-19)26(24(29)23(20)28)14-13-25(5-2)6-3/h4,7-12,16,21,27H,1,5-6,13-15H2,2-3H3/b22-20-. The van der Waals surface area contributed by atoms with Gasteiger partial charge in [-0.05, 0) is 48.8 Å². The Bertz CT molecular complexity index is 946. The zero-order valence-electron chi connectivity index (χ0n) is 17.9. The number of nitrogens with zero attached hydrogens (tertiary/aromatic N) is 2. The molecule has 0 bridgehead atoms. The summed E-state index contributed by atoms with van der Waals surface area (Å²) in [7, 11) is 0. The first-order valence-electron chi connectivity index (χ1n) is 10.4. The summed E-state index contributed by atoms with van der Waals surface area (Å²) in [5.74, 6) is -0.760. The van der Waals surface area contributed by atoms with E-state index in [9.17, 15) is 14.7 Å². The molecule has 1 saturated heterocycles. The molecule has 1 unspecified atom stereocenters. The molecule has 2 heterocycles. The molecule has 31 heavy (non-hydrogen) atoms. The van der Waals surface area contributed by atoms with Crippen molar-refractivity contribution in [1.82, 2.24) is 9.80 Å². The number of likely N-dealkylation sites (N-methyl/N-ethyl adjacent to an activating group) is 1. The molecule has 164 valence electrons. The van der Waals surface area contributed by atoms with Crippen LogP contribution < -0.4 is 4.74 Å². The van der Waals surface area contributed by atoms with E-state index in [0.717, 1.165) is 18.0 Å². The fourth-order valence-corrected chi connectivity index (χ4v) is 4.51. The first kappa shape index (κ1) is 22.8. The van der Waals surface area contributed by atoms with Gasteiger partial charge >= 0.3 is 0 Å². The molecule has 1 fully saturated rings. The summed E-state index contributed by atoms with van der Waals surface area (Å²) in [6.45, 7) is 10.9. The van der Waals surface area contributed by atoms with Crippen LogP contribution in [-0.4, -0.2) is 59.4 Å². The highest BCUT2D eigenvalue weighted by Crippen LogP contribution is 2.41. The number of thiophene rings is 1. The second kappa shape index (κ2) is 10.4. The average molecular weight is 441 g/mol. The van der Waals surface area contributed by atoms with Gasteiger partial charge in [0.1, 0.15) is 18.1 Å². The molecule has 1 amide bonds. The summed E-state index contributed by atoms with van der Waals surface area (Å²) < 4.78 is 5.48. The molecular weight excluding hydrogens is 412 g/mol. The highest BCUT2D eigenvalue weighted by Gasteiger charge is 2.46. The average Bonchev–Trinajstić information content (AvgIpc) is 3.40. The molecule has 1 N–H and O–H groups in total. The summed E-state index contributed by atoms with van der Waals surface area (Å²) in [4.78, 5) is 30.5. The van der Waals surface area contributed by atoms with Crippen molar-refractivity contribution in [3.05, 3.63) is 70.4 Å². The summed E-state index contributed by atoms with van der Waals surface area (Å²) >= 11 is 1.47. The number of likely N-dealkylation sites (tertiary alicyclic amines) is 1. The first-order chi connectivity index (χ1) is 15.0. The Balaban J connectivity index is 1.97. The molecule has 0 radical (unpaired) electrons. The van der Waals surface area contributed by atoms with Crippen molar-refractivity contribution in [3.8, 4) is 5.75 Å². The van der Waals surface area contributed by atoms with Crippen molar-refractivity contribution in [1.29, 1.82) is 0 Å². The Morgan fingerprint density at radius 2 is 1.94 bits per heavy atom. The van der Waals surface area contributed by atoms with E-state index in [2.05, 4.69) is 25.3 Å².